The minimum Gasteiger partial charge on any atom is -0.383 e. The Morgan fingerprint density at radius 2 is 1.91 bits per heavy atom. The minimum absolute atomic E-state index is 0.0285. The summed E-state index contributed by atoms with van der Waals surface area (Å²) in [5.74, 6) is -0.0842. The molecule has 0 aliphatic carbocycles. The van der Waals surface area contributed by atoms with Crippen LogP contribution >= 0.6 is 11.8 Å². The number of primary sulfonamides is 1. The number of aryl methyl sites for hydroxylation is 1. The number of nitrogens with one attached hydrogen (secondary N) is 1. The number of amides is 1. The van der Waals surface area contributed by atoms with Crippen molar-refractivity contribution >= 4 is 38.6 Å². The van der Waals surface area contributed by atoms with E-state index < -0.39 is 10.0 Å². The molecule has 1 aromatic heterocycles. The number of nitrogens with two attached hydrogens (primary N) is 1. The number of fused-ring (bicyclic) bond motifs is 1. The number of rotatable bonds is 10. The molecule has 0 aliphatic rings. The molecule has 3 N–H and O–H groups in total. The van der Waals surface area contributed by atoms with E-state index in [-0.39, 0.29) is 28.2 Å². The fraction of sp³-hybridized carbons (Fsp3) is 0.318. The van der Waals surface area contributed by atoms with Crippen LogP contribution in [0.1, 0.15) is 12.5 Å². The van der Waals surface area contributed by atoms with Gasteiger partial charge in [0.25, 0.3) is 5.56 Å². The van der Waals surface area contributed by atoms with E-state index >= 15 is 0 Å². The number of sulfonamides is 1. The fourth-order valence-electron chi connectivity index (χ4n) is 3.28. The van der Waals surface area contributed by atoms with Gasteiger partial charge in [0, 0.05) is 19.7 Å². The van der Waals surface area contributed by atoms with Gasteiger partial charge in [0.15, 0.2) is 5.16 Å². The highest BCUT2D eigenvalue weighted by Crippen LogP contribution is 2.19. The number of carbonyl (C=O) groups excluding carboxylic acids is 1. The molecule has 0 bridgehead atoms. The largest absolute Gasteiger partial charge is 0.383 e. The molecule has 1 heterocycles. The van der Waals surface area contributed by atoms with Crippen molar-refractivity contribution in [3.05, 3.63) is 64.4 Å². The van der Waals surface area contributed by atoms with Gasteiger partial charge in [0.05, 0.1) is 28.2 Å². The number of para-hydroxylation sites is 1. The van der Waals surface area contributed by atoms with E-state index in [1.54, 1.807) is 48.1 Å². The Hall–Kier alpha value is -2.73. The van der Waals surface area contributed by atoms with E-state index in [0.29, 0.717) is 35.6 Å². The van der Waals surface area contributed by atoms with Crippen LogP contribution in [0.3, 0.4) is 0 Å². The van der Waals surface area contributed by atoms with Gasteiger partial charge in [-0.1, -0.05) is 36.0 Å². The summed E-state index contributed by atoms with van der Waals surface area (Å²) in [6, 6.07) is 13.1. The number of hydrogen-bond acceptors (Lipinski definition) is 7. The van der Waals surface area contributed by atoms with Crippen LogP contribution in [-0.2, 0) is 32.5 Å². The molecule has 0 radical (unpaired) electrons. The average Bonchev–Trinajstić information content (AvgIpc) is 2.77. The summed E-state index contributed by atoms with van der Waals surface area (Å²) in [7, 11) is -2.20. The van der Waals surface area contributed by atoms with Crippen molar-refractivity contribution in [1.82, 2.24) is 14.9 Å². The second-order valence-corrected chi connectivity index (χ2v) is 10.0. The molecule has 9 nitrogen and oxygen atoms in total. The zero-order chi connectivity index (χ0) is 24.0. The maximum Gasteiger partial charge on any atom is 0.262 e. The molecule has 1 atom stereocenters. The Kier molecular flexibility index (Phi) is 8.25. The average molecular weight is 491 g/mol. The van der Waals surface area contributed by atoms with Gasteiger partial charge in [0.2, 0.25) is 15.9 Å². The van der Waals surface area contributed by atoms with Gasteiger partial charge >= 0.3 is 0 Å². The predicted octanol–water partition coefficient (Wildman–Crippen LogP) is 1.53. The molecule has 0 aliphatic heterocycles. The second-order valence-electron chi connectivity index (χ2n) is 7.52. The van der Waals surface area contributed by atoms with E-state index in [0.717, 1.165) is 5.56 Å². The highest BCUT2D eigenvalue weighted by Gasteiger charge is 2.15. The molecular weight excluding hydrogens is 464 g/mol. The highest BCUT2D eigenvalue weighted by molar-refractivity contribution is 7.99. The summed E-state index contributed by atoms with van der Waals surface area (Å²) in [6.45, 7) is 2.56. The molecule has 11 heteroatoms. The van der Waals surface area contributed by atoms with Gasteiger partial charge in [-0.15, -0.1) is 0 Å². The summed E-state index contributed by atoms with van der Waals surface area (Å²) in [4.78, 5) is 30.1. The van der Waals surface area contributed by atoms with Crippen LogP contribution in [0.25, 0.3) is 10.9 Å². The maximum absolute atomic E-state index is 13.2. The van der Waals surface area contributed by atoms with Crippen molar-refractivity contribution in [2.45, 2.75) is 36.0 Å². The van der Waals surface area contributed by atoms with Crippen LogP contribution in [0, 0.1) is 0 Å². The summed E-state index contributed by atoms with van der Waals surface area (Å²) >= 11 is 1.19. The van der Waals surface area contributed by atoms with E-state index in [1.165, 1.54) is 23.9 Å². The predicted molar refractivity (Wildman–Crippen MR) is 128 cm³/mol. The number of methoxy groups -OCH3 is 1. The van der Waals surface area contributed by atoms with Gasteiger partial charge in [-0.2, -0.15) is 0 Å². The maximum atomic E-state index is 13.2. The molecular formula is C22H26N4O5S2. The van der Waals surface area contributed by atoms with Crippen molar-refractivity contribution < 1.29 is 17.9 Å². The van der Waals surface area contributed by atoms with Gasteiger partial charge in [0.1, 0.15) is 0 Å². The number of ether oxygens (including phenoxy) is 1. The van der Waals surface area contributed by atoms with Crippen molar-refractivity contribution in [2.24, 2.45) is 5.14 Å². The highest BCUT2D eigenvalue weighted by atomic mass is 32.2. The topological polar surface area (TPSA) is 133 Å². The smallest absolute Gasteiger partial charge is 0.262 e. The Morgan fingerprint density at radius 3 is 2.58 bits per heavy atom. The molecule has 3 rings (SSSR count). The third-order valence-corrected chi connectivity index (χ3v) is 6.76. The van der Waals surface area contributed by atoms with E-state index in [1.807, 2.05) is 6.92 Å². The first-order chi connectivity index (χ1) is 15.7. The second kappa shape index (κ2) is 10.9. The molecule has 3 aromatic rings. The van der Waals surface area contributed by atoms with Crippen LogP contribution < -0.4 is 16.0 Å². The first kappa shape index (κ1) is 24.9. The van der Waals surface area contributed by atoms with Crippen LogP contribution in [0.5, 0.6) is 0 Å². The zero-order valence-corrected chi connectivity index (χ0v) is 20.0. The normalized spacial score (nSPS) is 12.6. The Bertz CT molecular complexity index is 1290. The lowest BCUT2D eigenvalue weighted by molar-refractivity contribution is -0.119. The fourth-order valence-corrected chi connectivity index (χ4v) is 4.63. The van der Waals surface area contributed by atoms with E-state index in [4.69, 9.17) is 9.88 Å². The summed E-state index contributed by atoms with van der Waals surface area (Å²) in [5, 5.41) is 8.91. The molecule has 2 aromatic carbocycles. The number of thioether (sulfide) groups is 1. The lowest BCUT2D eigenvalue weighted by Gasteiger charge is -2.15. The molecule has 0 fully saturated rings. The zero-order valence-electron chi connectivity index (χ0n) is 18.4. The number of nitrogens with zero attached hydrogens (tertiary/aromatic N) is 2. The first-order valence-electron chi connectivity index (χ1n) is 10.2. The molecule has 0 saturated heterocycles. The lowest BCUT2D eigenvalue weighted by Crippen LogP contribution is -2.36. The summed E-state index contributed by atoms with van der Waals surface area (Å²) < 4.78 is 29.5. The Balaban J connectivity index is 1.82. The third kappa shape index (κ3) is 6.64. The Labute approximate surface area is 196 Å². The van der Waals surface area contributed by atoms with Crippen LogP contribution in [0.15, 0.2) is 63.4 Å². The third-order valence-electron chi connectivity index (χ3n) is 4.86. The monoisotopic (exact) mass is 490 g/mol. The molecule has 176 valence electrons. The number of hydrogen-bond donors (Lipinski definition) is 2. The van der Waals surface area contributed by atoms with Crippen molar-refractivity contribution in [2.75, 3.05) is 19.5 Å². The van der Waals surface area contributed by atoms with Gasteiger partial charge in [-0.25, -0.2) is 18.5 Å². The number of aromatic nitrogens is 2. The standard InChI is InChI=1S/C22H26N4O5S2/c1-15(13-31-2)24-20(27)14-32-22-25-19-6-4-3-5-18(19)21(28)26(22)12-11-16-7-9-17(10-8-16)33(23,29)30/h3-10,15H,11-14H2,1-2H3,(H,24,27)(H2,23,29,30)/t15-/m0/s1. The number of carbonyl (C=O) groups is 1. The van der Waals surface area contributed by atoms with Crippen molar-refractivity contribution in [3.8, 4) is 0 Å². The lowest BCUT2D eigenvalue weighted by atomic mass is 10.1. The van der Waals surface area contributed by atoms with Gasteiger partial charge in [-0.3, -0.25) is 14.2 Å². The summed E-state index contributed by atoms with van der Waals surface area (Å²) in [6.07, 6.45) is 0.468. The number of benzene rings is 2. The molecule has 1 amide bonds. The quantitative estimate of drug-likeness (QED) is 0.325. The van der Waals surface area contributed by atoms with Crippen molar-refractivity contribution in [3.63, 3.8) is 0 Å². The summed E-state index contributed by atoms with van der Waals surface area (Å²) in [5.41, 5.74) is 1.20. The van der Waals surface area contributed by atoms with Gasteiger partial charge < -0.3 is 10.1 Å². The molecule has 0 unspecified atom stereocenters. The molecule has 0 saturated carbocycles. The van der Waals surface area contributed by atoms with Crippen LogP contribution in [-0.4, -0.2) is 49.4 Å². The van der Waals surface area contributed by atoms with Crippen molar-refractivity contribution in [1.29, 1.82) is 0 Å². The Morgan fingerprint density at radius 1 is 1.21 bits per heavy atom. The van der Waals surface area contributed by atoms with Crippen LogP contribution in [0.4, 0.5) is 0 Å². The molecule has 33 heavy (non-hydrogen) atoms. The first-order valence-corrected chi connectivity index (χ1v) is 12.7. The minimum atomic E-state index is -3.77. The molecule has 0 spiro atoms. The van der Waals surface area contributed by atoms with E-state index in [9.17, 15) is 18.0 Å². The SMILES string of the molecule is COC[C@H](C)NC(=O)CSc1nc2ccccc2c(=O)n1CCc1ccc(S(N)(=O)=O)cc1. The van der Waals surface area contributed by atoms with Gasteiger partial charge in [-0.05, 0) is 43.2 Å². The van der Waals surface area contributed by atoms with Crippen LogP contribution in [0.2, 0.25) is 0 Å². The van der Waals surface area contributed by atoms with E-state index in [2.05, 4.69) is 10.3 Å².